The summed E-state index contributed by atoms with van der Waals surface area (Å²) in [6, 6.07) is 0. The predicted octanol–water partition coefficient (Wildman–Crippen LogP) is 5.69. The molecule has 0 saturated heterocycles. The SMILES string of the molecule is CCCC[P+](CCCC)(CCCC)CCCC.CCOS(=O)(=O)[O-]. The van der Waals surface area contributed by atoms with Crippen LogP contribution < -0.4 is 0 Å². The number of unbranched alkanes of at least 4 members (excludes halogenated alkanes) is 4. The van der Waals surface area contributed by atoms with Crippen molar-refractivity contribution >= 4 is 17.7 Å². The van der Waals surface area contributed by atoms with Gasteiger partial charge in [0.2, 0.25) is 10.4 Å². The maximum absolute atomic E-state index is 9.45. The molecule has 0 amide bonds. The van der Waals surface area contributed by atoms with Gasteiger partial charge in [0, 0.05) is 7.26 Å². The molecule has 24 heavy (non-hydrogen) atoms. The van der Waals surface area contributed by atoms with Crippen LogP contribution >= 0.6 is 7.26 Å². The summed E-state index contributed by atoms with van der Waals surface area (Å²) in [6.07, 6.45) is 17.9. The first-order chi connectivity index (χ1) is 11.3. The minimum absolute atomic E-state index is 0.0914. The summed E-state index contributed by atoms with van der Waals surface area (Å²) in [5, 5.41) is 0. The van der Waals surface area contributed by atoms with E-state index < -0.39 is 17.7 Å². The zero-order valence-electron chi connectivity index (χ0n) is 16.7. The maximum atomic E-state index is 9.45. The van der Waals surface area contributed by atoms with E-state index in [0.29, 0.717) is 0 Å². The van der Waals surface area contributed by atoms with E-state index in [9.17, 15) is 13.0 Å². The molecule has 0 N–H and O–H groups in total. The second kappa shape index (κ2) is 16.8. The Balaban J connectivity index is 0. The molecule has 0 rings (SSSR count). The lowest BCUT2D eigenvalue weighted by Crippen LogP contribution is -2.12. The molecule has 6 heteroatoms. The summed E-state index contributed by atoms with van der Waals surface area (Å²) >= 11 is 0. The standard InChI is InChI=1S/C16H36P.C2H6O4S/c1-5-9-13-17(14-10-6-2,15-11-7-3)16-12-8-4;1-2-6-7(3,4)5/h5-16H2,1-4H3;2H2,1H3,(H,3,4,5)/q+1;/p-1. The van der Waals surface area contributed by atoms with Gasteiger partial charge in [-0.05, 0) is 32.6 Å². The summed E-state index contributed by atoms with van der Waals surface area (Å²) < 4.78 is 32.0. The first-order valence-corrected chi connectivity index (χ1v) is 13.6. The quantitative estimate of drug-likeness (QED) is 0.219. The lowest BCUT2D eigenvalue weighted by Gasteiger charge is -2.28. The van der Waals surface area contributed by atoms with Crippen LogP contribution in [0.5, 0.6) is 0 Å². The molecule has 0 radical (unpaired) electrons. The monoisotopic (exact) mass is 384 g/mol. The van der Waals surface area contributed by atoms with Crippen molar-refractivity contribution in [1.29, 1.82) is 0 Å². The lowest BCUT2D eigenvalue weighted by atomic mass is 10.4. The van der Waals surface area contributed by atoms with Gasteiger partial charge in [-0.15, -0.1) is 0 Å². The molecule has 0 bridgehead atoms. The van der Waals surface area contributed by atoms with Gasteiger partial charge in [0.15, 0.2) is 0 Å². The Bertz CT molecular complexity index is 321. The van der Waals surface area contributed by atoms with Gasteiger partial charge in [0.05, 0.1) is 31.3 Å². The summed E-state index contributed by atoms with van der Waals surface area (Å²) in [7, 11) is -4.99. The Kier molecular flexibility index (Phi) is 18.5. The molecule has 0 atom stereocenters. The fourth-order valence-corrected chi connectivity index (χ4v) is 8.37. The molecule has 0 aromatic rings. The van der Waals surface area contributed by atoms with Crippen LogP contribution in [0.4, 0.5) is 0 Å². The summed E-state index contributed by atoms with van der Waals surface area (Å²) in [5.41, 5.74) is 0. The first kappa shape index (κ1) is 26.5. The Hall–Kier alpha value is 0.300. The normalized spacial score (nSPS) is 11.9. The second-order valence-electron chi connectivity index (χ2n) is 6.47. The van der Waals surface area contributed by atoms with Gasteiger partial charge >= 0.3 is 0 Å². The van der Waals surface area contributed by atoms with Crippen molar-refractivity contribution in [1.82, 2.24) is 0 Å². The van der Waals surface area contributed by atoms with E-state index >= 15 is 0 Å². The molecular weight excluding hydrogens is 343 g/mol. The van der Waals surface area contributed by atoms with E-state index in [1.54, 1.807) is 24.6 Å². The first-order valence-electron chi connectivity index (χ1n) is 9.76. The molecule has 148 valence electrons. The Morgan fingerprint density at radius 3 is 1.12 bits per heavy atom. The van der Waals surface area contributed by atoms with Crippen molar-refractivity contribution in [3.05, 3.63) is 0 Å². The van der Waals surface area contributed by atoms with Gasteiger partial charge in [-0.1, -0.05) is 53.4 Å². The largest absolute Gasteiger partial charge is 0.726 e. The van der Waals surface area contributed by atoms with Gasteiger partial charge < -0.3 is 4.55 Å². The second-order valence-corrected chi connectivity index (χ2v) is 12.0. The Labute approximate surface area is 152 Å². The van der Waals surface area contributed by atoms with Crippen molar-refractivity contribution in [3.63, 3.8) is 0 Å². The third-order valence-electron chi connectivity index (χ3n) is 4.21. The predicted molar refractivity (Wildman–Crippen MR) is 107 cm³/mol. The topological polar surface area (TPSA) is 66.4 Å². The van der Waals surface area contributed by atoms with E-state index in [0.717, 1.165) is 0 Å². The van der Waals surface area contributed by atoms with Crippen molar-refractivity contribution in [3.8, 4) is 0 Å². The molecule has 0 saturated carbocycles. The van der Waals surface area contributed by atoms with Crippen molar-refractivity contribution < 1.29 is 17.2 Å². The maximum Gasteiger partial charge on any atom is 0.217 e. The average molecular weight is 385 g/mol. The number of hydrogen-bond acceptors (Lipinski definition) is 4. The zero-order valence-corrected chi connectivity index (χ0v) is 18.4. The molecule has 0 aromatic carbocycles. The molecule has 0 fully saturated rings. The fourth-order valence-electron chi connectivity index (χ4n) is 2.79. The highest BCUT2D eigenvalue weighted by Gasteiger charge is 2.34. The Morgan fingerprint density at radius 1 is 0.708 bits per heavy atom. The molecule has 0 spiro atoms. The van der Waals surface area contributed by atoms with Crippen molar-refractivity contribution in [2.24, 2.45) is 0 Å². The minimum atomic E-state index is -4.42. The summed E-state index contributed by atoms with van der Waals surface area (Å²) in [4.78, 5) is 0. The van der Waals surface area contributed by atoms with E-state index in [1.807, 2.05) is 0 Å². The average Bonchev–Trinajstić information content (AvgIpc) is 2.53. The molecule has 0 heterocycles. The minimum Gasteiger partial charge on any atom is -0.726 e. The van der Waals surface area contributed by atoms with Crippen LogP contribution in [-0.4, -0.2) is 44.2 Å². The molecule has 0 aliphatic carbocycles. The number of rotatable bonds is 14. The van der Waals surface area contributed by atoms with Gasteiger partial charge in [-0.2, -0.15) is 0 Å². The van der Waals surface area contributed by atoms with E-state index in [2.05, 4.69) is 31.9 Å². The van der Waals surface area contributed by atoms with Crippen LogP contribution in [0, 0.1) is 0 Å². The lowest BCUT2D eigenvalue weighted by molar-refractivity contribution is 0.275. The van der Waals surface area contributed by atoms with Gasteiger partial charge in [0.25, 0.3) is 0 Å². The van der Waals surface area contributed by atoms with E-state index in [4.69, 9.17) is 0 Å². The third-order valence-corrected chi connectivity index (χ3v) is 9.79. The molecule has 0 unspecified atom stereocenters. The fraction of sp³-hybridized carbons (Fsp3) is 1.00. The van der Waals surface area contributed by atoms with Crippen LogP contribution in [0.1, 0.15) is 86.0 Å². The highest BCUT2D eigenvalue weighted by molar-refractivity contribution is 7.80. The summed E-state index contributed by atoms with van der Waals surface area (Å²) in [6.45, 7) is 10.8. The third kappa shape index (κ3) is 17.1. The Morgan fingerprint density at radius 2 is 1.00 bits per heavy atom. The molecule has 0 aliphatic heterocycles. The molecule has 4 nitrogen and oxygen atoms in total. The molecule has 0 aromatic heterocycles. The van der Waals surface area contributed by atoms with Gasteiger partial charge in [0.1, 0.15) is 0 Å². The van der Waals surface area contributed by atoms with Crippen molar-refractivity contribution in [2.75, 3.05) is 31.3 Å². The highest BCUT2D eigenvalue weighted by atomic mass is 32.3. The van der Waals surface area contributed by atoms with Gasteiger partial charge in [-0.25, -0.2) is 8.42 Å². The van der Waals surface area contributed by atoms with Crippen LogP contribution in [-0.2, 0) is 14.6 Å². The van der Waals surface area contributed by atoms with Crippen molar-refractivity contribution in [2.45, 2.75) is 86.0 Å². The van der Waals surface area contributed by atoms with E-state index in [1.165, 1.54) is 58.3 Å². The van der Waals surface area contributed by atoms with Crippen LogP contribution in [0.15, 0.2) is 0 Å². The number of hydrogen-bond donors (Lipinski definition) is 0. The highest BCUT2D eigenvalue weighted by Crippen LogP contribution is 2.61. The van der Waals surface area contributed by atoms with E-state index in [-0.39, 0.29) is 6.61 Å². The van der Waals surface area contributed by atoms with Gasteiger partial charge in [-0.3, -0.25) is 4.18 Å². The molecule has 0 aliphatic rings. The summed E-state index contributed by atoms with van der Waals surface area (Å²) in [5.74, 6) is 0. The van der Waals surface area contributed by atoms with Crippen LogP contribution in [0.3, 0.4) is 0 Å². The van der Waals surface area contributed by atoms with Crippen LogP contribution in [0.25, 0.3) is 0 Å². The smallest absolute Gasteiger partial charge is 0.217 e. The zero-order chi connectivity index (χ0) is 18.9. The molecular formula is C18H41O4PS. The van der Waals surface area contributed by atoms with Crippen LogP contribution in [0.2, 0.25) is 0 Å².